The Hall–Kier alpha value is -2.12. The number of phenolic OH excluding ortho intramolecular Hbond substituents is 1. The molecule has 7 nitrogen and oxygen atoms in total. The zero-order valence-electron chi connectivity index (χ0n) is 35.5. The molecule has 0 aromatic heterocycles. The van der Waals surface area contributed by atoms with Gasteiger partial charge in [0.1, 0.15) is 18.0 Å². The monoisotopic (exact) mass is 701 g/mol. The van der Waals surface area contributed by atoms with Crippen molar-refractivity contribution < 1.29 is 24.2 Å². The van der Waals surface area contributed by atoms with Crippen LogP contribution in [0.1, 0.15) is 172 Å². The van der Waals surface area contributed by atoms with Crippen molar-refractivity contribution in [2.45, 2.75) is 202 Å². The van der Waals surface area contributed by atoms with Crippen LogP contribution < -0.4 is 5.32 Å². The molecule has 1 saturated heterocycles. The predicted octanol–water partition coefficient (Wildman–Crippen LogP) is 9.64. The highest BCUT2D eigenvalue weighted by atomic mass is 16.6. The van der Waals surface area contributed by atoms with Gasteiger partial charge in [0.25, 0.3) is 0 Å². The summed E-state index contributed by atoms with van der Waals surface area (Å²) >= 11 is 0. The van der Waals surface area contributed by atoms with Crippen LogP contribution >= 0.6 is 0 Å². The summed E-state index contributed by atoms with van der Waals surface area (Å²) in [6.45, 7) is 34.0. The molecular formula is C43H76N2O5. The van der Waals surface area contributed by atoms with Crippen molar-refractivity contribution in [1.29, 1.82) is 0 Å². The van der Waals surface area contributed by atoms with E-state index in [2.05, 4.69) is 128 Å². The van der Waals surface area contributed by atoms with Gasteiger partial charge < -0.3 is 19.9 Å². The first-order valence-corrected chi connectivity index (χ1v) is 19.1. The molecule has 1 aromatic rings. The normalized spacial score (nSPS) is 19.5. The maximum absolute atomic E-state index is 15.1. The lowest BCUT2D eigenvalue weighted by atomic mass is 9.73. The molecule has 1 fully saturated rings. The molecule has 0 spiro atoms. The lowest BCUT2D eigenvalue weighted by molar-refractivity contribution is -0.185. The second-order valence-corrected chi connectivity index (χ2v) is 20.7. The standard InChI is InChI=1S/C43H76N2O5/c1-19-20-21-43(35(47)49-30(25-37(2,3)4)26-40(11,12)44-17,36(48)50-31-27-41(13,14)45(18)42(15,16)28-31)24-29-22-32(38(5,6)7)34(46)33(23-29)39(8,9)10/h22-23,30-31,44,46H,19-21,24-28H2,1-18H3. The molecule has 2 N–H and O–H groups in total. The third-order valence-electron chi connectivity index (χ3n) is 11.1. The number of unbranched alkanes of at least 4 members (excludes halogenated alkanes) is 1. The summed E-state index contributed by atoms with van der Waals surface area (Å²) in [5.41, 5.74) is -0.654. The van der Waals surface area contributed by atoms with Crippen molar-refractivity contribution in [2.24, 2.45) is 10.8 Å². The minimum absolute atomic E-state index is 0.104. The maximum atomic E-state index is 15.1. The summed E-state index contributed by atoms with van der Waals surface area (Å²) in [6.07, 6.45) is 3.76. The van der Waals surface area contributed by atoms with E-state index < -0.39 is 23.5 Å². The molecule has 0 radical (unpaired) electrons. The number of nitrogens with zero attached hydrogens (tertiary/aromatic N) is 1. The van der Waals surface area contributed by atoms with Gasteiger partial charge in [-0.3, -0.25) is 14.5 Å². The van der Waals surface area contributed by atoms with Crippen LogP contribution in [0.25, 0.3) is 0 Å². The second kappa shape index (κ2) is 15.5. The fourth-order valence-corrected chi connectivity index (χ4v) is 7.69. The Morgan fingerprint density at radius 1 is 0.880 bits per heavy atom. The summed E-state index contributed by atoms with van der Waals surface area (Å²) in [6, 6.07) is 3.98. The molecule has 1 aliphatic heterocycles. The number of benzene rings is 1. The maximum Gasteiger partial charge on any atom is 0.324 e. The Bertz CT molecular complexity index is 1270. The highest BCUT2D eigenvalue weighted by Crippen LogP contribution is 2.44. The lowest BCUT2D eigenvalue weighted by Gasteiger charge is -2.53. The number of likely N-dealkylation sites (tertiary alicyclic amines) is 1. The van der Waals surface area contributed by atoms with E-state index in [0.29, 0.717) is 38.5 Å². The van der Waals surface area contributed by atoms with Gasteiger partial charge in [-0.25, -0.2) is 0 Å². The molecule has 0 amide bonds. The third kappa shape index (κ3) is 11.2. The van der Waals surface area contributed by atoms with Crippen LogP contribution in [0.2, 0.25) is 0 Å². The van der Waals surface area contributed by atoms with Crippen LogP contribution in [0, 0.1) is 10.8 Å². The van der Waals surface area contributed by atoms with Crippen LogP contribution in [-0.4, -0.2) is 64.9 Å². The Morgan fingerprint density at radius 2 is 1.36 bits per heavy atom. The molecular weight excluding hydrogens is 624 g/mol. The van der Waals surface area contributed by atoms with Gasteiger partial charge in [0.2, 0.25) is 0 Å². The summed E-state index contributed by atoms with van der Waals surface area (Å²) in [7, 11) is 4.06. The van der Waals surface area contributed by atoms with E-state index >= 15 is 9.59 Å². The van der Waals surface area contributed by atoms with Gasteiger partial charge in [0.15, 0.2) is 5.41 Å². The van der Waals surface area contributed by atoms with Crippen LogP contribution in [0.5, 0.6) is 5.75 Å². The van der Waals surface area contributed by atoms with E-state index in [1.807, 2.05) is 19.2 Å². The first-order chi connectivity index (χ1) is 22.4. The van der Waals surface area contributed by atoms with Crippen molar-refractivity contribution in [3.05, 3.63) is 28.8 Å². The predicted molar refractivity (Wildman–Crippen MR) is 208 cm³/mol. The van der Waals surface area contributed by atoms with Gasteiger partial charge in [-0.05, 0) is 108 Å². The van der Waals surface area contributed by atoms with Gasteiger partial charge in [0.05, 0.1) is 0 Å². The molecule has 0 aliphatic carbocycles. The minimum Gasteiger partial charge on any atom is -0.507 e. The Balaban J connectivity index is 2.84. The SMILES string of the molecule is CCCCC(Cc1cc(C(C)(C)C)c(O)c(C(C)(C)C)c1)(C(=O)OC(CC(C)(C)C)CC(C)(C)NC)C(=O)OC1CC(C)(C)N(C)C(C)(C)C1. The van der Waals surface area contributed by atoms with E-state index in [1.54, 1.807) is 0 Å². The number of nitrogens with one attached hydrogen (secondary N) is 1. The quantitative estimate of drug-likeness (QED) is 0.157. The molecule has 1 heterocycles. The smallest absolute Gasteiger partial charge is 0.324 e. The largest absolute Gasteiger partial charge is 0.507 e. The van der Waals surface area contributed by atoms with E-state index in [1.165, 1.54) is 0 Å². The van der Waals surface area contributed by atoms with Gasteiger partial charge >= 0.3 is 11.9 Å². The Labute approximate surface area is 307 Å². The first-order valence-electron chi connectivity index (χ1n) is 19.1. The number of carbonyl (C=O) groups excluding carboxylic acids is 2. The molecule has 7 heteroatoms. The lowest BCUT2D eigenvalue weighted by Crippen LogP contribution is -2.61. The van der Waals surface area contributed by atoms with Crippen molar-refractivity contribution in [2.75, 3.05) is 14.1 Å². The van der Waals surface area contributed by atoms with Gasteiger partial charge in [-0.2, -0.15) is 0 Å². The average Bonchev–Trinajstić information content (AvgIpc) is 2.91. The second-order valence-electron chi connectivity index (χ2n) is 20.7. The van der Waals surface area contributed by atoms with Gasteiger partial charge in [-0.15, -0.1) is 0 Å². The van der Waals surface area contributed by atoms with Crippen LogP contribution in [-0.2, 0) is 36.3 Å². The fourth-order valence-electron chi connectivity index (χ4n) is 7.69. The molecule has 2 unspecified atom stereocenters. The molecule has 0 bridgehead atoms. The Kier molecular flexibility index (Phi) is 13.6. The van der Waals surface area contributed by atoms with Crippen molar-refractivity contribution in [3.8, 4) is 5.75 Å². The first kappa shape index (κ1) is 44.0. The van der Waals surface area contributed by atoms with Crippen molar-refractivity contribution in [1.82, 2.24) is 10.2 Å². The number of hydrogen-bond donors (Lipinski definition) is 2. The van der Waals surface area contributed by atoms with Crippen molar-refractivity contribution in [3.63, 3.8) is 0 Å². The number of ether oxygens (including phenoxy) is 2. The number of hydrogen-bond acceptors (Lipinski definition) is 7. The highest BCUT2D eigenvalue weighted by Gasteiger charge is 2.52. The van der Waals surface area contributed by atoms with Gasteiger partial charge in [0, 0.05) is 35.9 Å². The molecule has 0 saturated carbocycles. The number of carbonyl (C=O) groups is 2. The van der Waals surface area contributed by atoms with E-state index in [0.717, 1.165) is 23.1 Å². The summed E-state index contributed by atoms with van der Waals surface area (Å²) in [5, 5.41) is 14.9. The zero-order valence-corrected chi connectivity index (χ0v) is 35.5. The summed E-state index contributed by atoms with van der Waals surface area (Å²) < 4.78 is 13.2. The van der Waals surface area contributed by atoms with Gasteiger partial charge in [-0.1, -0.05) is 94.2 Å². The number of phenols is 1. The molecule has 288 valence electrons. The number of esters is 2. The third-order valence-corrected chi connectivity index (χ3v) is 11.1. The average molecular weight is 701 g/mol. The highest BCUT2D eigenvalue weighted by molar-refractivity contribution is 6.00. The number of aromatic hydroxyl groups is 1. The van der Waals surface area contributed by atoms with Crippen LogP contribution in [0.15, 0.2) is 12.1 Å². The molecule has 50 heavy (non-hydrogen) atoms. The number of piperidine rings is 1. The van der Waals surface area contributed by atoms with Crippen LogP contribution in [0.3, 0.4) is 0 Å². The molecule has 2 rings (SSSR count). The van der Waals surface area contributed by atoms with E-state index in [4.69, 9.17) is 9.47 Å². The summed E-state index contributed by atoms with van der Waals surface area (Å²) in [4.78, 5) is 32.5. The number of rotatable bonds is 13. The van der Waals surface area contributed by atoms with E-state index in [9.17, 15) is 5.11 Å². The van der Waals surface area contributed by atoms with Crippen molar-refractivity contribution >= 4 is 11.9 Å². The topological polar surface area (TPSA) is 88.1 Å². The Morgan fingerprint density at radius 3 is 1.76 bits per heavy atom. The zero-order chi connectivity index (χ0) is 38.9. The summed E-state index contributed by atoms with van der Waals surface area (Å²) in [5.74, 6) is -0.734. The molecule has 1 aliphatic rings. The van der Waals surface area contributed by atoms with E-state index in [-0.39, 0.29) is 51.1 Å². The molecule has 1 aromatic carbocycles. The minimum atomic E-state index is -1.56. The van der Waals surface area contributed by atoms with Crippen LogP contribution in [0.4, 0.5) is 0 Å². The molecule has 2 atom stereocenters. The fraction of sp³-hybridized carbons (Fsp3) is 0.814.